The number of allylic oxidation sites excluding steroid dienone is 3. The van der Waals surface area contributed by atoms with Gasteiger partial charge in [0.05, 0.1) is 11.5 Å². The Balaban J connectivity index is 1.21. The third-order valence-corrected chi connectivity index (χ3v) is 8.44. The van der Waals surface area contributed by atoms with Gasteiger partial charge in [0, 0.05) is 50.2 Å². The maximum atomic E-state index is 12.9. The second-order valence-corrected chi connectivity index (χ2v) is 11.8. The van der Waals surface area contributed by atoms with Gasteiger partial charge in [0.2, 0.25) is 0 Å². The molecule has 0 radical (unpaired) electrons. The molecule has 5 rings (SSSR count). The third kappa shape index (κ3) is 5.42. The summed E-state index contributed by atoms with van der Waals surface area (Å²) in [6, 6.07) is 15.6. The first kappa shape index (κ1) is 22.9. The molecular weight excluding hydrogens is 446 g/mol. The van der Waals surface area contributed by atoms with Gasteiger partial charge in [-0.15, -0.1) is 0 Å². The number of rotatable bonds is 6. The van der Waals surface area contributed by atoms with E-state index >= 15 is 0 Å². The van der Waals surface area contributed by atoms with Crippen LogP contribution in [0.25, 0.3) is 5.57 Å². The van der Waals surface area contributed by atoms with Crippen LogP contribution in [-0.2, 0) is 16.4 Å². The predicted octanol–water partition coefficient (Wildman–Crippen LogP) is 3.79. The monoisotopic (exact) mass is 477 g/mol. The first-order chi connectivity index (χ1) is 16.4. The van der Waals surface area contributed by atoms with Crippen LogP contribution in [-0.4, -0.2) is 62.3 Å². The predicted molar refractivity (Wildman–Crippen MR) is 136 cm³/mol. The van der Waals surface area contributed by atoms with Gasteiger partial charge >= 0.3 is 0 Å². The molecule has 178 valence electrons. The molecule has 1 saturated carbocycles. The lowest BCUT2D eigenvalue weighted by Crippen LogP contribution is -2.39. The summed E-state index contributed by atoms with van der Waals surface area (Å²) in [6.07, 6.45) is 7.13. The average molecular weight is 478 g/mol. The lowest BCUT2D eigenvalue weighted by molar-refractivity contribution is 0.102. The fourth-order valence-corrected chi connectivity index (χ4v) is 5.88. The second kappa shape index (κ2) is 9.39. The Labute approximate surface area is 201 Å². The van der Waals surface area contributed by atoms with Crippen molar-refractivity contribution in [2.45, 2.75) is 19.4 Å². The van der Waals surface area contributed by atoms with Crippen LogP contribution < -0.4 is 5.32 Å². The Morgan fingerprint density at radius 2 is 1.79 bits per heavy atom. The van der Waals surface area contributed by atoms with Gasteiger partial charge in [0.25, 0.3) is 5.91 Å². The van der Waals surface area contributed by atoms with E-state index in [0.717, 1.165) is 23.4 Å². The van der Waals surface area contributed by atoms with Crippen LogP contribution in [0.15, 0.2) is 66.4 Å². The van der Waals surface area contributed by atoms with Crippen LogP contribution in [0.2, 0.25) is 0 Å². The Morgan fingerprint density at radius 3 is 2.50 bits per heavy atom. The molecule has 0 atom stereocenters. The molecule has 2 fully saturated rings. The summed E-state index contributed by atoms with van der Waals surface area (Å²) in [4.78, 5) is 17.3. The molecule has 1 aliphatic carbocycles. The van der Waals surface area contributed by atoms with E-state index in [9.17, 15) is 13.2 Å². The quantitative estimate of drug-likeness (QED) is 0.686. The standard InChI is InChI=1S/C27H31N3O3S/c1-29-12-11-23(18-26(29)22-5-6-22)21-7-9-25(10-8-21)28-27(31)24-4-2-3-20(17-24)19-30-13-15-34(32,33)16-14-30/h2-4,7-11,17-18,22H,5-6,12-16,19H2,1H3,(H,28,31). The van der Waals surface area contributed by atoms with Crippen molar-refractivity contribution in [3.05, 3.63) is 83.1 Å². The zero-order valence-corrected chi connectivity index (χ0v) is 20.4. The minimum Gasteiger partial charge on any atom is -0.374 e. The van der Waals surface area contributed by atoms with Gasteiger partial charge in [-0.25, -0.2) is 8.42 Å². The smallest absolute Gasteiger partial charge is 0.255 e. The summed E-state index contributed by atoms with van der Waals surface area (Å²) in [6.45, 7) is 2.65. The molecule has 0 aromatic heterocycles. The van der Waals surface area contributed by atoms with Crippen molar-refractivity contribution in [3.63, 3.8) is 0 Å². The normalized spacial score (nSPS) is 20.4. The minimum atomic E-state index is -2.90. The van der Waals surface area contributed by atoms with Crippen molar-refractivity contribution < 1.29 is 13.2 Å². The summed E-state index contributed by atoms with van der Waals surface area (Å²) < 4.78 is 23.3. The van der Waals surface area contributed by atoms with Crippen molar-refractivity contribution in [2.75, 3.05) is 43.5 Å². The van der Waals surface area contributed by atoms with Gasteiger partial charge < -0.3 is 10.2 Å². The molecule has 0 bridgehead atoms. The van der Waals surface area contributed by atoms with Crippen molar-refractivity contribution >= 4 is 27.0 Å². The number of hydrogen-bond acceptors (Lipinski definition) is 5. The highest BCUT2D eigenvalue weighted by Crippen LogP contribution is 2.40. The first-order valence-electron chi connectivity index (χ1n) is 11.9. The molecule has 6 nitrogen and oxygen atoms in total. The zero-order chi connectivity index (χ0) is 23.7. The van der Waals surface area contributed by atoms with Crippen LogP contribution in [0.3, 0.4) is 0 Å². The molecule has 0 unspecified atom stereocenters. The van der Waals surface area contributed by atoms with Crippen molar-refractivity contribution in [2.24, 2.45) is 5.92 Å². The second-order valence-electron chi connectivity index (χ2n) is 9.54. The van der Waals surface area contributed by atoms with E-state index < -0.39 is 9.84 Å². The highest BCUT2D eigenvalue weighted by atomic mass is 32.2. The van der Waals surface area contributed by atoms with Gasteiger partial charge in [-0.3, -0.25) is 9.69 Å². The van der Waals surface area contributed by atoms with E-state index in [0.29, 0.717) is 31.1 Å². The number of benzene rings is 2. The fraction of sp³-hybridized carbons (Fsp3) is 0.370. The Kier molecular flexibility index (Phi) is 6.32. The molecule has 2 aromatic carbocycles. The number of nitrogens with zero attached hydrogens (tertiary/aromatic N) is 2. The largest absolute Gasteiger partial charge is 0.374 e. The molecule has 0 spiro atoms. The Morgan fingerprint density at radius 1 is 1.06 bits per heavy atom. The van der Waals surface area contributed by atoms with Crippen molar-refractivity contribution in [1.29, 1.82) is 0 Å². The topological polar surface area (TPSA) is 69.7 Å². The average Bonchev–Trinajstić information content (AvgIpc) is 3.67. The van der Waals surface area contributed by atoms with Crippen LogP contribution >= 0.6 is 0 Å². The zero-order valence-electron chi connectivity index (χ0n) is 19.5. The van der Waals surface area contributed by atoms with Crippen LogP contribution in [0.5, 0.6) is 0 Å². The van der Waals surface area contributed by atoms with Crippen molar-refractivity contribution in [3.8, 4) is 0 Å². The number of likely N-dealkylation sites (N-methyl/N-ethyl adjacent to an activating group) is 1. The highest BCUT2D eigenvalue weighted by Gasteiger charge is 2.29. The summed E-state index contributed by atoms with van der Waals surface area (Å²) in [5, 5.41) is 3.00. The summed E-state index contributed by atoms with van der Waals surface area (Å²) in [7, 11) is -0.741. The summed E-state index contributed by atoms with van der Waals surface area (Å²) in [5.74, 6) is 0.972. The molecule has 3 aliphatic rings. The third-order valence-electron chi connectivity index (χ3n) is 6.83. The molecule has 1 saturated heterocycles. The Hall–Kier alpha value is -2.90. The number of nitrogens with one attached hydrogen (secondary N) is 1. The van der Waals surface area contributed by atoms with Gasteiger partial charge in [-0.2, -0.15) is 0 Å². The van der Waals surface area contributed by atoms with Crippen LogP contribution in [0.1, 0.15) is 34.3 Å². The highest BCUT2D eigenvalue weighted by molar-refractivity contribution is 7.91. The van der Waals surface area contributed by atoms with E-state index in [-0.39, 0.29) is 17.4 Å². The van der Waals surface area contributed by atoms with E-state index in [4.69, 9.17) is 0 Å². The van der Waals surface area contributed by atoms with Gasteiger partial charge in [0.1, 0.15) is 0 Å². The Bertz CT molecular complexity index is 1230. The molecule has 1 amide bonds. The van der Waals surface area contributed by atoms with Gasteiger partial charge in [-0.05, 0) is 65.8 Å². The molecule has 7 heteroatoms. The number of sulfone groups is 1. The molecule has 1 N–H and O–H groups in total. The lowest BCUT2D eigenvalue weighted by atomic mass is 10.00. The number of carbonyl (C=O) groups excluding carboxylic acids is 1. The van der Waals surface area contributed by atoms with Gasteiger partial charge in [0.15, 0.2) is 9.84 Å². The van der Waals surface area contributed by atoms with E-state index in [1.807, 2.05) is 30.3 Å². The van der Waals surface area contributed by atoms with Crippen LogP contribution in [0, 0.1) is 5.92 Å². The number of carbonyl (C=O) groups is 1. The summed E-state index contributed by atoms with van der Waals surface area (Å²) >= 11 is 0. The maximum Gasteiger partial charge on any atom is 0.255 e. The number of amides is 1. The minimum absolute atomic E-state index is 0.148. The molecule has 2 aliphatic heterocycles. The van der Waals surface area contributed by atoms with Crippen LogP contribution in [0.4, 0.5) is 5.69 Å². The van der Waals surface area contributed by atoms with Gasteiger partial charge in [-0.1, -0.05) is 30.3 Å². The number of hydrogen-bond donors (Lipinski definition) is 1. The fourth-order valence-electron chi connectivity index (χ4n) is 4.61. The van der Waals surface area contributed by atoms with Crippen molar-refractivity contribution in [1.82, 2.24) is 9.80 Å². The molecule has 2 heterocycles. The van der Waals surface area contributed by atoms with E-state index in [1.54, 1.807) is 6.07 Å². The van der Waals surface area contributed by atoms with E-state index in [2.05, 4.69) is 46.4 Å². The first-order valence-corrected chi connectivity index (χ1v) is 13.7. The number of anilines is 1. The SMILES string of the molecule is CN1CC=C(c2ccc(NC(=O)c3cccc(CN4CCS(=O)(=O)CC4)c3)cc2)C=C1C1CC1. The molecule has 2 aromatic rings. The maximum absolute atomic E-state index is 12.9. The summed E-state index contributed by atoms with van der Waals surface area (Å²) in [5.41, 5.74) is 6.21. The lowest BCUT2D eigenvalue weighted by Gasteiger charge is -2.26. The molecule has 34 heavy (non-hydrogen) atoms. The molecular formula is C27H31N3O3S. The van der Waals surface area contributed by atoms with E-state index in [1.165, 1.54) is 24.1 Å².